The first kappa shape index (κ1) is 21.6. The molecule has 2 heterocycles. The maximum Gasteiger partial charge on any atom is 0.306 e. The molecule has 27 heavy (non-hydrogen) atoms. The van der Waals surface area contributed by atoms with Crippen molar-refractivity contribution in [2.75, 3.05) is 17.8 Å². The van der Waals surface area contributed by atoms with Gasteiger partial charge in [-0.3, -0.25) is 9.59 Å². The Labute approximate surface area is 163 Å². The van der Waals surface area contributed by atoms with E-state index in [1.165, 1.54) is 18.7 Å². The number of thioether (sulfide) groups is 1. The van der Waals surface area contributed by atoms with Gasteiger partial charge in [-0.05, 0) is 45.4 Å². The van der Waals surface area contributed by atoms with Crippen LogP contribution in [0.5, 0.6) is 0 Å². The molecule has 8 nitrogen and oxygen atoms in total. The summed E-state index contributed by atoms with van der Waals surface area (Å²) in [6.07, 6.45) is 1.86. The zero-order chi connectivity index (χ0) is 20.2. The summed E-state index contributed by atoms with van der Waals surface area (Å²) in [6.45, 7) is 5.23. The van der Waals surface area contributed by atoms with Gasteiger partial charge in [0.1, 0.15) is 0 Å². The minimum atomic E-state index is -3.08. The van der Waals surface area contributed by atoms with E-state index < -0.39 is 33.9 Å². The van der Waals surface area contributed by atoms with Crippen molar-refractivity contribution in [2.24, 2.45) is 0 Å². The predicted octanol–water partition coefficient (Wildman–Crippen LogP) is 0.983. The maximum atomic E-state index is 12.1. The number of aromatic nitrogens is 2. The molecule has 150 valence electrons. The van der Waals surface area contributed by atoms with Gasteiger partial charge in [0.2, 0.25) is 0 Å². The number of nitrogens with zero attached hydrogens (tertiary/aromatic N) is 2. The summed E-state index contributed by atoms with van der Waals surface area (Å²) < 4.78 is 28.0. The summed E-state index contributed by atoms with van der Waals surface area (Å²) in [5.74, 6) is -0.971. The van der Waals surface area contributed by atoms with Crippen molar-refractivity contribution in [1.29, 1.82) is 0 Å². The highest BCUT2D eigenvalue weighted by Crippen LogP contribution is 2.17. The number of hydrogen-bond donors (Lipinski definition) is 1. The van der Waals surface area contributed by atoms with Crippen molar-refractivity contribution in [3.63, 3.8) is 0 Å². The van der Waals surface area contributed by atoms with Crippen molar-refractivity contribution < 1.29 is 22.7 Å². The molecule has 0 aliphatic carbocycles. The van der Waals surface area contributed by atoms with Crippen LogP contribution in [-0.4, -0.2) is 60.2 Å². The summed E-state index contributed by atoms with van der Waals surface area (Å²) in [4.78, 5) is 32.9. The molecule has 0 bridgehead atoms. The van der Waals surface area contributed by atoms with Gasteiger partial charge in [-0.1, -0.05) is 11.8 Å². The first-order valence-electron chi connectivity index (χ1n) is 8.69. The van der Waals surface area contributed by atoms with Gasteiger partial charge in [0.25, 0.3) is 5.91 Å². The molecule has 1 aromatic rings. The number of amides is 1. The summed E-state index contributed by atoms with van der Waals surface area (Å²) in [5, 5.41) is 3.32. The first-order chi connectivity index (χ1) is 12.6. The summed E-state index contributed by atoms with van der Waals surface area (Å²) in [7, 11) is -3.08. The van der Waals surface area contributed by atoms with Crippen LogP contribution in [0.1, 0.15) is 36.7 Å². The van der Waals surface area contributed by atoms with Crippen LogP contribution in [-0.2, 0) is 30.6 Å². The Hall–Kier alpha value is -1.68. The Bertz CT molecular complexity index is 803. The fourth-order valence-electron chi connectivity index (χ4n) is 2.93. The van der Waals surface area contributed by atoms with Crippen LogP contribution in [0.2, 0.25) is 0 Å². The number of ether oxygens (including phenoxy) is 1. The third-order valence-corrected chi connectivity index (χ3v) is 6.73. The van der Waals surface area contributed by atoms with Gasteiger partial charge in [-0.15, -0.1) is 0 Å². The maximum absolute atomic E-state index is 12.1. The molecule has 1 amide bonds. The smallest absolute Gasteiger partial charge is 0.306 e. The van der Waals surface area contributed by atoms with E-state index in [0.29, 0.717) is 18.0 Å². The molecular weight excluding hydrogens is 390 g/mol. The van der Waals surface area contributed by atoms with Crippen molar-refractivity contribution in [2.45, 2.75) is 57.3 Å². The summed E-state index contributed by atoms with van der Waals surface area (Å²) >= 11 is 1.46. The number of rotatable bonds is 7. The van der Waals surface area contributed by atoms with E-state index in [0.717, 1.165) is 17.0 Å². The molecule has 0 saturated carbocycles. The van der Waals surface area contributed by atoms with Crippen LogP contribution in [0.25, 0.3) is 0 Å². The van der Waals surface area contributed by atoms with Crippen LogP contribution in [0, 0.1) is 13.8 Å². The topological polar surface area (TPSA) is 115 Å². The van der Waals surface area contributed by atoms with Crippen LogP contribution < -0.4 is 5.32 Å². The molecule has 1 aliphatic rings. The predicted molar refractivity (Wildman–Crippen MR) is 102 cm³/mol. The lowest BCUT2D eigenvalue weighted by atomic mass is 10.1. The molecule has 0 aromatic carbocycles. The highest BCUT2D eigenvalue weighted by atomic mass is 32.2. The fraction of sp³-hybridized carbons (Fsp3) is 0.647. The second-order valence-electron chi connectivity index (χ2n) is 6.60. The van der Waals surface area contributed by atoms with E-state index >= 15 is 0 Å². The van der Waals surface area contributed by atoms with Crippen molar-refractivity contribution in [1.82, 2.24) is 15.3 Å². The molecule has 1 aromatic heterocycles. The Morgan fingerprint density at radius 2 is 1.93 bits per heavy atom. The van der Waals surface area contributed by atoms with Gasteiger partial charge in [0.05, 0.1) is 11.5 Å². The van der Waals surface area contributed by atoms with Gasteiger partial charge >= 0.3 is 5.97 Å². The fourth-order valence-corrected chi connectivity index (χ4v) is 5.06. The largest absolute Gasteiger partial charge is 0.453 e. The van der Waals surface area contributed by atoms with Crippen LogP contribution in [0.4, 0.5) is 0 Å². The molecular formula is C17H25N3O5S2. The molecule has 10 heteroatoms. The van der Waals surface area contributed by atoms with Crippen LogP contribution in [0.3, 0.4) is 0 Å². The van der Waals surface area contributed by atoms with E-state index in [1.54, 1.807) is 0 Å². The van der Waals surface area contributed by atoms with Gasteiger partial charge in [-0.25, -0.2) is 18.4 Å². The van der Waals surface area contributed by atoms with Crippen molar-refractivity contribution in [3.8, 4) is 0 Å². The van der Waals surface area contributed by atoms with Crippen molar-refractivity contribution >= 4 is 33.5 Å². The van der Waals surface area contributed by atoms with E-state index in [2.05, 4.69) is 15.3 Å². The van der Waals surface area contributed by atoms with Gasteiger partial charge < -0.3 is 10.1 Å². The molecule has 0 radical (unpaired) electrons. The molecule has 2 rings (SSSR count). The van der Waals surface area contributed by atoms with Gasteiger partial charge in [0.15, 0.2) is 21.1 Å². The monoisotopic (exact) mass is 415 g/mol. The molecule has 0 unspecified atom stereocenters. The van der Waals surface area contributed by atoms with Crippen LogP contribution in [0.15, 0.2) is 5.16 Å². The van der Waals surface area contributed by atoms with Crippen molar-refractivity contribution in [3.05, 3.63) is 17.0 Å². The van der Waals surface area contributed by atoms with E-state index in [-0.39, 0.29) is 17.9 Å². The van der Waals surface area contributed by atoms with Gasteiger partial charge in [0, 0.05) is 23.9 Å². The van der Waals surface area contributed by atoms with E-state index in [1.807, 2.05) is 20.1 Å². The third-order valence-electron chi connectivity index (χ3n) is 4.42. The normalized spacial score (nSPS) is 19.5. The Morgan fingerprint density at radius 1 is 1.30 bits per heavy atom. The minimum absolute atomic E-state index is 0.0655. The molecule has 1 saturated heterocycles. The molecule has 1 fully saturated rings. The Balaban J connectivity index is 1.84. The molecule has 1 N–H and O–H groups in total. The third kappa shape index (κ3) is 6.17. The van der Waals surface area contributed by atoms with Crippen LogP contribution >= 0.6 is 11.8 Å². The number of nitrogens with one attached hydrogen (secondary N) is 1. The zero-order valence-corrected chi connectivity index (χ0v) is 17.6. The minimum Gasteiger partial charge on any atom is -0.453 e. The van der Waals surface area contributed by atoms with E-state index in [4.69, 9.17) is 4.74 Å². The highest BCUT2D eigenvalue weighted by molar-refractivity contribution is 7.98. The second-order valence-corrected chi connectivity index (χ2v) is 9.60. The number of sulfone groups is 1. The quantitative estimate of drug-likeness (QED) is 0.398. The lowest BCUT2D eigenvalue weighted by Crippen LogP contribution is -2.42. The lowest BCUT2D eigenvalue weighted by Gasteiger charge is -2.17. The number of carbonyl (C=O) groups is 2. The Kier molecular flexibility index (Phi) is 7.21. The number of hydrogen-bond acceptors (Lipinski definition) is 8. The standard InChI is InChI=1S/C17H25N3O5S2/c1-10-14(11(2)19-17(18-10)26-4)5-6-15(21)25-12(3)16(22)20-13-7-8-27(23,24)9-13/h12-13H,5-9H2,1-4H3,(H,20,22)/t12-,13+/m1/s1. The second kappa shape index (κ2) is 9.01. The summed E-state index contributed by atoms with van der Waals surface area (Å²) in [6, 6.07) is -0.416. The SMILES string of the molecule is CSc1nc(C)c(CCC(=O)O[C@H](C)C(=O)N[C@H]2CCS(=O)(=O)C2)c(C)n1. The average molecular weight is 416 g/mol. The average Bonchev–Trinajstić information content (AvgIpc) is 2.92. The highest BCUT2D eigenvalue weighted by Gasteiger charge is 2.30. The first-order valence-corrected chi connectivity index (χ1v) is 11.7. The molecule has 1 aliphatic heterocycles. The lowest BCUT2D eigenvalue weighted by molar-refractivity contribution is -0.155. The number of aryl methyl sites for hydroxylation is 2. The Morgan fingerprint density at radius 3 is 2.44 bits per heavy atom. The number of carbonyl (C=O) groups excluding carboxylic acids is 2. The number of esters is 1. The molecule has 2 atom stereocenters. The zero-order valence-electron chi connectivity index (χ0n) is 15.9. The van der Waals surface area contributed by atoms with Gasteiger partial charge in [-0.2, -0.15) is 0 Å². The van der Waals surface area contributed by atoms with E-state index in [9.17, 15) is 18.0 Å². The summed E-state index contributed by atoms with van der Waals surface area (Å²) in [5.41, 5.74) is 2.55. The molecule has 0 spiro atoms.